The molecule has 0 spiro atoms. The van der Waals surface area contributed by atoms with Gasteiger partial charge in [-0.05, 0) is 11.5 Å². The Morgan fingerprint density at radius 1 is 1.50 bits per heavy atom. The van der Waals surface area contributed by atoms with Crippen molar-refractivity contribution in [1.29, 1.82) is 0 Å². The number of hydrogen-bond acceptors (Lipinski definition) is 5. The Morgan fingerprint density at radius 2 is 2.25 bits per heavy atom. The zero-order valence-corrected chi connectivity index (χ0v) is 11.4. The maximum Gasteiger partial charge on any atom is 0.534 e. The summed E-state index contributed by atoms with van der Waals surface area (Å²) in [5.74, 6) is 0.578. The summed E-state index contributed by atoms with van der Waals surface area (Å²) >= 11 is 0. The molecule has 0 aliphatic carbocycles. The number of halogens is 2. The van der Waals surface area contributed by atoms with Crippen molar-refractivity contribution in [2.24, 2.45) is 0 Å². The van der Waals surface area contributed by atoms with Crippen LogP contribution in [0.1, 0.15) is 11.4 Å². The number of aryl methyl sites for hydroxylation is 1. The number of nitrogens with zero attached hydrogens (tertiary/aromatic N) is 4. The van der Waals surface area contributed by atoms with Crippen LogP contribution in [-0.2, 0) is 15.7 Å². The Bertz CT molecular complexity index is 622. The van der Waals surface area contributed by atoms with Gasteiger partial charge in [0.25, 0.3) is 12.8 Å². The molecule has 0 aliphatic rings. The molecular formula is C10H12F2N4O3P+. The first-order valence-electron chi connectivity index (χ1n) is 5.66. The molecule has 2 rings (SSSR count). The van der Waals surface area contributed by atoms with Crippen molar-refractivity contribution in [2.75, 3.05) is 6.35 Å². The second-order valence-corrected chi connectivity index (χ2v) is 5.01. The average Bonchev–Trinajstić information content (AvgIpc) is 2.78. The molecule has 0 saturated carbocycles. The van der Waals surface area contributed by atoms with Gasteiger partial charge in [0.05, 0.1) is 6.20 Å². The molecule has 108 valence electrons. The Hall–Kier alpha value is -1.57. The van der Waals surface area contributed by atoms with E-state index < -0.39 is 26.9 Å². The van der Waals surface area contributed by atoms with Crippen LogP contribution in [0.2, 0.25) is 0 Å². The van der Waals surface area contributed by atoms with Gasteiger partial charge in [-0.2, -0.15) is 9.99 Å². The highest BCUT2D eigenvalue weighted by Crippen LogP contribution is 2.20. The topological polar surface area (TPSA) is 89.6 Å². The van der Waals surface area contributed by atoms with Crippen molar-refractivity contribution in [2.45, 2.75) is 25.9 Å². The summed E-state index contributed by atoms with van der Waals surface area (Å²) in [5, 5.41) is 4.01. The highest BCUT2D eigenvalue weighted by molar-refractivity contribution is 7.37. The molecule has 1 N–H and O–H groups in total. The summed E-state index contributed by atoms with van der Waals surface area (Å²) in [7, 11) is -2.61. The summed E-state index contributed by atoms with van der Waals surface area (Å²) < 4.78 is 42.4. The van der Waals surface area contributed by atoms with Gasteiger partial charge >= 0.3 is 8.03 Å². The first kappa shape index (κ1) is 14.8. The van der Waals surface area contributed by atoms with Gasteiger partial charge in [0.2, 0.25) is 0 Å². The minimum absolute atomic E-state index is 0.152. The molecule has 0 aromatic carbocycles. The van der Waals surface area contributed by atoms with E-state index in [9.17, 15) is 13.3 Å². The molecule has 0 amide bonds. The standard InChI is InChI=1S/C10H11F2N4O3P/c1-6-13-4-14-10-7(3-15-16(6)10)2-8(9(11)12)19-5-20(17)18/h3-4,8-9H,2,5H2,1H3/p+1/t8-/m1/s1. The Kier molecular flexibility index (Phi) is 4.64. The number of alkyl halides is 2. The fourth-order valence-electron chi connectivity index (χ4n) is 1.71. The van der Waals surface area contributed by atoms with E-state index in [-0.39, 0.29) is 6.42 Å². The lowest BCUT2D eigenvalue weighted by Crippen LogP contribution is -2.24. The van der Waals surface area contributed by atoms with Crippen LogP contribution in [0, 0.1) is 6.92 Å². The Balaban J connectivity index is 2.20. The van der Waals surface area contributed by atoms with Gasteiger partial charge in [-0.15, -0.1) is 0 Å². The molecule has 2 atom stereocenters. The predicted octanol–water partition coefficient (Wildman–Crippen LogP) is 1.32. The summed E-state index contributed by atoms with van der Waals surface area (Å²) in [6, 6.07) is 0. The summed E-state index contributed by atoms with van der Waals surface area (Å²) in [6.07, 6.45) is -2.31. The normalized spacial score (nSPS) is 13.9. The number of fused-ring (bicyclic) bond motifs is 1. The quantitative estimate of drug-likeness (QED) is 0.810. The second-order valence-electron chi connectivity index (χ2n) is 4.05. The minimum Gasteiger partial charge on any atom is -0.325 e. The van der Waals surface area contributed by atoms with Gasteiger partial charge in [-0.25, -0.2) is 23.3 Å². The summed E-state index contributed by atoms with van der Waals surface area (Å²) in [4.78, 5) is 16.5. The van der Waals surface area contributed by atoms with Gasteiger partial charge < -0.3 is 4.74 Å². The van der Waals surface area contributed by atoms with E-state index in [2.05, 4.69) is 15.1 Å². The van der Waals surface area contributed by atoms with Crippen LogP contribution >= 0.6 is 8.03 Å². The van der Waals surface area contributed by atoms with Crippen LogP contribution in [0.15, 0.2) is 12.5 Å². The summed E-state index contributed by atoms with van der Waals surface area (Å²) in [6.45, 7) is 1.71. The van der Waals surface area contributed by atoms with Crippen molar-refractivity contribution in [3.05, 3.63) is 23.9 Å². The van der Waals surface area contributed by atoms with E-state index in [1.165, 1.54) is 17.0 Å². The van der Waals surface area contributed by atoms with Gasteiger partial charge in [0.1, 0.15) is 18.3 Å². The Morgan fingerprint density at radius 3 is 2.90 bits per heavy atom. The van der Waals surface area contributed by atoms with Crippen molar-refractivity contribution in [3.8, 4) is 0 Å². The molecule has 2 heterocycles. The smallest absolute Gasteiger partial charge is 0.325 e. The molecule has 2 aromatic heterocycles. The number of hydrogen-bond donors (Lipinski definition) is 1. The SMILES string of the molecule is Cc1ncnc2c(C[C@@H](OC[P+](=O)O)C(F)F)cnn12. The van der Waals surface area contributed by atoms with E-state index in [0.29, 0.717) is 17.0 Å². The molecule has 2 aromatic rings. The predicted molar refractivity (Wildman–Crippen MR) is 64.8 cm³/mol. The van der Waals surface area contributed by atoms with E-state index in [0.717, 1.165) is 0 Å². The molecule has 10 heteroatoms. The fourth-order valence-corrected chi connectivity index (χ4v) is 2.03. The van der Waals surface area contributed by atoms with E-state index in [4.69, 9.17) is 9.63 Å². The lowest BCUT2D eigenvalue weighted by molar-refractivity contribution is -0.0399. The van der Waals surface area contributed by atoms with E-state index >= 15 is 0 Å². The number of aromatic nitrogens is 4. The third kappa shape index (κ3) is 3.30. The fraction of sp³-hybridized carbons (Fsp3) is 0.500. The molecule has 7 nitrogen and oxygen atoms in total. The molecule has 0 fully saturated rings. The van der Waals surface area contributed by atoms with Gasteiger partial charge in [-0.1, -0.05) is 0 Å². The van der Waals surface area contributed by atoms with Crippen LogP contribution in [0.4, 0.5) is 8.78 Å². The molecule has 0 bridgehead atoms. The first-order chi connectivity index (χ1) is 9.49. The maximum absolute atomic E-state index is 12.9. The zero-order valence-electron chi connectivity index (χ0n) is 10.5. The van der Waals surface area contributed by atoms with Crippen LogP contribution in [0.25, 0.3) is 5.65 Å². The van der Waals surface area contributed by atoms with Crippen LogP contribution < -0.4 is 0 Å². The highest BCUT2D eigenvalue weighted by atomic mass is 31.1. The minimum atomic E-state index is -2.78. The van der Waals surface area contributed by atoms with E-state index in [1.54, 1.807) is 6.92 Å². The largest absolute Gasteiger partial charge is 0.534 e. The lowest BCUT2D eigenvalue weighted by atomic mass is 10.1. The molecule has 20 heavy (non-hydrogen) atoms. The Labute approximate surface area is 113 Å². The molecule has 0 aliphatic heterocycles. The number of rotatable bonds is 6. The molecule has 0 saturated heterocycles. The lowest BCUT2D eigenvalue weighted by Gasteiger charge is -2.12. The highest BCUT2D eigenvalue weighted by Gasteiger charge is 2.27. The van der Waals surface area contributed by atoms with E-state index in [1.807, 2.05) is 0 Å². The average molecular weight is 305 g/mol. The molecular weight excluding hydrogens is 293 g/mol. The summed E-state index contributed by atoms with van der Waals surface area (Å²) in [5.41, 5.74) is 0.883. The van der Waals surface area contributed by atoms with Crippen molar-refractivity contribution in [1.82, 2.24) is 19.6 Å². The number of ether oxygens (including phenoxy) is 1. The monoisotopic (exact) mass is 305 g/mol. The van der Waals surface area contributed by atoms with Crippen molar-refractivity contribution >= 4 is 13.7 Å². The van der Waals surface area contributed by atoms with Crippen molar-refractivity contribution in [3.63, 3.8) is 0 Å². The van der Waals surface area contributed by atoms with Gasteiger partial charge in [0, 0.05) is 12.0 Å². The second kappa shape index (κ2) is 6.25. The molecule has 0 radical (unpaired) electrons. The third-order valence-electron chi connectivity index (χ3n) is 2.65. The van der Waals surface area contributed by atoms with Crippen molar-refractivity contribution < 1.29 is 23.0 Å². The van der Waals surface area contributed by atoms with Gasteiger partial charge in [0.15, 0.2) is 5.65 Å². The van der Waals surface area contributed by atoms with Crippen LogP contribution in [0.3, 0.4) is 0 Å². The maximum atomic E-state index is 12.9. The van der Waals surface area contributed by atoms with Gasteiger partial charge in [-0.3, -0.25) is 0 Å². The first-order valence-corrected chi connectivity index (χ1v) is 7.06. The zero-order chi connectivity index (χ0) is 14.7. The third-order valence-corrected chi connectivity index (χ3v) is 3.02. The molecule has 1 unspecified atom stereocenters. The van der Waals surface area contributed by atoms with Crippen LogP contribution in [-0.4, -0.2) is 43.4 Å². The van der Waals surface area contributed by atoms with Crippen LogP contribution in [0.5, 0.6) is 0 Å².